The van der Waals surface area contributed by atoms with Crippen molar-refractivity contribution in [1.29, 1.82) is 0 Å². The van der Waals surface area contributed by atoms with Crippen molar-refractivity contribution in [2.24, 2.45) is 0 Å². The van der Waals surface area contributed by atoms with Gasteiger partial charge in [-0.1, -0.05) is 115 Å². The molecular weight excluding hydrogens is 615 g/mol. The summed E-state index contributed by atoms with van der Waals surface area (Å²) in [6, 6.07) is 53.8. The molecule has 6 heteroatoms. The van der Waals surface area contributed by atoms with Gasteiger partial charge >= 0.3 is 0 Å². The minimum absolute atomic E-state index is 0.553. The molecule has 6 nitrogen and oxygen atoms in total. The van der Waals surface area contributed by atoms with Crippen molar-refractivity contribution < 1.29 is 4.42 Å². The van der Waals surface area contributed by atoms with Gasteiger partial charge in [0, 0.05) is 44.9 Å². The lowest BCUT2D eigenvalue weighted by atomic mass is 10.0. The van der Waals surface area contributed by atoms with Crippen LogP contribution in [0.15, 0.2) is 168 Å². The van der Waals surface area contributed by atoms with Gasteiger partial charge in [0.15, 0.2) is 17.5 Å². The first kappa shape index (κ1) is 28.1. The van der Waals surface area contributed by atoms with Crippen LogP contribution < -0.4 is 0 Å². The number of aromatic nitrogens is 5. The number of hydrogen-bond donors (Lipinski definition) is 0. The van der Waals surface area contributed by atoms with E-state index in [1.54, 1.807) is 0 Å². The van der Waals surface area contributed by atoms with E-state index < -0.39 is 0 Å². The summed E-state index contributed by atoms with van der Waals surface area (Å²) in [6.45, 7) is 0. The normalized spacial score (nSPS) is 11.6. The van der Waals surface area contributed by atoms with Crippen LogP contribution in [0, 0.1) is 0 Å². The van der Waals surface area contributed by atoms with E-state index >= 15 is 0 Å². The standard InChI is InChI=1S/C44H27N5O/c1-3-11-28(12-4-1)29-20-22-31(23-21-29)42-46-41(30-13-5-2-6-14-30)47-43(48-42)37-17-9-16-35-34-25-24-32(27-39(34)50-40(35)37)49-38-19-8-7-15-33(38)36-18-10-26-45-44(36)49/h1-27H. The van der Waals surface area contributed by atoms with E-state index in [1.165, 1.54) is 0 Å². The van der Waals surface area contributed by atoms with Crippen LogP contribution in [0.25, 0.3) is 94.9 Å². The Morgan fingerprint density at radius 1 is 0.440 bits per heavy atom. The first-order chi connectivity index (χ1) is 24.8. The van der Waals surface area contributed by atoms with Gasteiger partial charge < -0.3 is 4.42 Å². The first-order valence-corrected chi connectivity index (χ1v) is 16.6. The Labute approximate surface area is 287 Å². The quantitative estimate of drug-likeness (QED) is 0.187. The highest BCUT2D eigenvalue weighted by molar-refractivity contribution is 6.11. The molecule has 0 spiro atoms. The predicted octanol–water partition coefficient (Wildman–Crippen LogP) is 10.9. The van der Waals surface area contributed by atoms with Gasteiger partial charge in [-0.3, -0.25) is 4.57 Å². The Hall–Kier alpha value is -6.92. The number of furan rings is 1. The van der Waals surface area contributed by atoms with Crippen LogP contribution in [0.2, 0.25) is 0 Å². The Bertz CT molecular complexity index is 2800. The molecule has 0 amide bonds. The second-order valence-electron chi connectivity index (χ2n) is 12.3. The minimum Gasteiger partial charge on any atom is -0.455 e. The fraction of sp³-hybridized carbons (Fsp3) is 0. The van der Waals surface area contributed by atoms with E-state index in [2.05, 4.69) is 108 Å². The Kier molecular flexibility index (Phi) is 6.39. The summed E-state index contributed by atoms with van der Waals surface area (Å²) in [5.41, 5.74) is 9.43. The highest BCUT2D eigenvalue weighted by Gasteiger charge is 2.19. The Morgan fingerprint density at radius 2 is 1.06 bits per heavy atom. The molecule has 0 N–H and O–H groups in total. The molecule has 50 heavy (non-hydrogen) atoms. The molecule has 0 atom stereocenters. The van der Waals surface area contributed by atoms with Crippen molar-refractivity contribution in [2.45, 2.75) is 0 Å². The molecule has 6 aromatic carbocycles. The van der Waals surface area contributed by atoms with Crippen LogP contribution in [0.5, 0.6) is 0 Å². The summed E-state index contributed by atoms with van der Waals surface area (Å²) in [6.07, 6.45) is 1.84. The van der Waals surface area contributed by atoms with E-state index in [9.17, 15) is 0 Å². The average Bonchev–Trinajstić information content (AvgIpc) is 3.74. The van der Waals surface area contributed by atoms with Gasteiger partial charge in [0.05, 0.1) is 16.8 Å². The van der Waals surface area contributed by atoms with Gasteiger partial charge in [0.25, 0.3) is 0 Å². The van der Waals surface area contributed by atoms with Crippen LogP contribution in [0.1, 0.15) is 0 Å². The highest BCUT2D eigenvalue weighted by atomic mass is 16.3. The lowest BCUT2D eigenvalue weighted by molar-refractivity contribution is 0.669. The molecule has 10 rings (SSSR count). The summed E-state index contributed by atoms with van der Waals surface area (Å²) in [7, 11) is 0. The zero-order valence-electron chi connectivity index (χ0n) is 26.7. The lowest BCUT2D eigenvalue weighted by Gasteiger charge is -2.09. The molecule has 0 radical (unpaired) electrons. The van der Waals surface area contributed by atoms with Gasteiger partial charge in [0.1, 0.15) is 16.8 Å². The van der Waals surface area contributed by atoms with Crippen molar-refractivity contribution in [2.75, 3.05) is 0 Å². The largest absolute Gasteiger partial charge is 0.455 e. The lowest BCUT2D eigenvalue weighted by Crippen LogP contribution is -2.00. The summed E-state index contributed by atoms with van der Waals surface area (Å²) >= 11 is 0. The topological polar surface area (TPSA) is 69.6 Å². The molecular formula is C44H27N5O. The fourth-order valence-electron chi connectivity index (χ4n) is 6.94. The van der Waals surface area contributed by atoms with E-state index in [4.69, 9.17) is 24.4 Å². The van der Waals surface area contributed by atoms with Gasteiger partial charge in [-0.15, -0.1) is 0 Å². The second kappa shape index (κ2) is 11.4. The maximum Gasteiger partial charge on any atom is 0.167 e. The van der Waals surface area contributed by atoms with Crippen LogP contribution in [-0.4, -0.2) is 24.5 Å². The van der Waals surface area contributed by atoms with Crippen molar-refractivity contribution in [3.8, 4) is 51.0 Å². The summed E-state index contributed by atoms with van der Waals surface area (Å²) in [5.74, 6) is 1.76. The molecule has 234 valence electrons. The molecule has 0 bridgehead atoms. The Morgan fingerprint density at radius 3 is 1.86 bits per heavy atom. The average molecular weight is 642 g/mol. The third-order valence-electron chi connectivity index (χ3n) is 9.33. The van der Waals surface area contributed by atoms with E-state index in [1.807, 2.05) is 60.8 Å². The summed E-state index contributed by atoms with van der Waals surface area (Å²) < 4.78 is 8.92. The number of hydrogen-bond acceptors (Lipinski definition) is 5. The van der Waals surface area contributed by atoms with Crippen molar-refractivity contribution in [3.63, 3.8) is 0 Å². The van der Waals surface area contributed by atoms with Crippen LogP contribution in [0.4, 0.5) is 0 Å². The molecule has 0 saturated carbocycles. The number of fused-ring (bicyclic) bond motifs is 6. The molecule has 4 aromatic heterocycles. The number of para-hydroxylation sites is 2. The Balaban J connectivity index is 1.13. The molecule has 0 saturated heterocycles. The number of pyridine rings is 1. The summed E-state index contributed by atoms with van der Waals surface area (Å²) in [5, 5.41) is 4.30. The van der Waals surface area contributed by atoms with Crippen LogP contribution in [0.3, 0.4) is 0 Å². The van der Waals surface area contributed by atoms with Crippen LogP contribution >= 0.6 is 0 Å². The molecule has 0 aliphatic carbocycles. The minimum atomic E-state index is 0.553. The molecule has 4 heterocycles. The third kappa shape index (κ3) is 4.58. The van der Waals surface area contributed by atoms with Gasteiger partial charge in [-0.05, 0) is 47.5 Å². The fourth-order valence-corrected chi connectivity index (χ4v) is 6.94. The van der Waals surface area contributed by atoms with Crippen molar-refractivity contribution in [1.82, 2.24) is 24.5 Å². The second-order valence-corrected chi connectivity index (χ2v) is 12.3. The van der Waals surface area contributed by atoms with Crippen molar-refractivity contribution >= 4 is 43.9 Å². The summed E-state index contributed by atoms with van der Waals surface area (Å²) in [4.78, 5) is 19.8. The number of rotatable bonds is 5. The van der Waals surface area contributed by atoms with E-state index in [0.717, 1.165) is 77.4 Å². The first-order valence-electron chi connectivity index (χ1n) is 16.6. The number of nitrogens with zero attached hydrogens (tertiary/aromatic N) is 5. The van der Waals surface area contributed by atoms with E-state index in [0.29, 0.717) is 17.5 Å². The van der Waals surface area contributed by atoms with Gasteiger partial charge in [-0.25, -0.2) is 19.9 Å². The maximum atomic E-state index is 6.72. The predicted molar refractivity (Wildman–Crippen MR) is 201 cm³/mol. The zero-order chi connectivity index (χ0) is 33.0. The van der Waals surface area contributed by atoms with Gasteiger partial charge in [-0.2, -0.15) is 0 Å². The van der Waals surface area contributed by atoms with Crippen molar-refractivity contribution in [3.05, 3.63) is 164 Å². The maximum absolute atomic E-state index is 6.72. The zero-order valence-corrected chi connectivity index (χ0v) is 26.7. The number of benzene rings is 6. The van der Waals surface area contributed by atoms with Gasteiger partial charge in [0.2, 0.25) is 0 Å². The smallest absolute Gasteiger partial charge is 0.167 e. The monoisotopic (exact) mass is 641 g/mol. The molecule has 0 unspecified atom stereocenters. The molecule has 0 aliphatic rings. The van der Waals surface area contributed by atoms with Crippen LogP contribution in [-0.2, 0) is 0 Å². The van der Waals surface area contributed by atoms with E-state index in [-0.39, 0.29) is 0 Å². The molecule has 10 aromatic rings. The highest BCUT2D eigenvalue weighted by Crippen LogP contribution is 2.38. The molecule has 0 aliphatic heterocycles. The molecule has 0 fully saturated rings. The SMILES string of the molecule is c1ccc(-c2ccc(-c3nc(-c4ccccc4)nc(-c4cccc5c4oc4cc(-n6c7ccccc7c7cccnc76)ccc45)n3)cc2)cc1. The third-order valence-corrected chi connectivity index (χ3v) is 9.33.